The van der Waals surface area contributed by atoms with Crippen molar-refractivity contribution in [3.05, 3.63) is 0 Å². The van der Waals surface area contributed by atoms with Crippen LogP contribution < -0.4 is 14.8 Å². The minimum absolute atomic E-state index is 0.252. The van der Waals surface area contributed by atoms with Gasteiger partial charge in [0.25, 0.3) is 0 Å². The first-order valence-corrected chi connectivity index (χ1v) is 7.13. The summed E-state index contributed by atoms with van der Waals surface area (Å²) >= 11 is 0. The molecule has 0 unspecified atom stereocenters. The highest BCUT2D eigenvalue weighted by Gasteiger charge is 2.08. The summed E-state index contributed by atoms with van der Waals surface area (Å²) in [7, 11) is 0. The van der Waals surface area contributed by atoms with E-state index in [2.05, 4.69) is 27.2 Å². The highest BCUT2D eigenvalue weighted by atomic mass is 16.5. The number of aromatic nitrogens is 3. The summed E-state index contributed by atoms with van der Waals surface area (Å²) < 4.78 is 16.2. The van der Waals surface area contributed by atoms with Gasteiger partial charge in [-0.25, -0.2) is 0 Å². The summed E-state index contributed by atoms with van der Waals surface area (Å²) in [6.45, 7) is 8.99. The van der Waals surface area contributed by atoms with Crippen LogP contribution in [0.4, 0.5) is 5.95 Å². The van der Waals surface area contributed by atoms with Gasteiger partial charge in [0, 0.05) is 13.2 Å². The topological polar surface area (TPSA) is 78.4 Å². The SMILES string of the molecule is CCCOCCOc1nc(NCC)nc(OCCC)n1. The Kier molecular flexibility index (Phi) is 8.37. The molecule has 0 atom stereocenters. The molecular weight excluding hydrogens is 260 g/mol. The lowest BCUT2D eigenvalue weighted by Gasteiger charge is -2.09. The van der Waals surface area contributed by atoms with E-state index in [-0.39, 0.29) is 12.0 Å². The second-order valence-corrected chi connectivity index (χ2v) is 4.06. The zero-order chi connectivity index (χ0) is 14.6. The minimum Gasteiger partial charge on any atom is -0.463 e. The molecule has 0 saturated heterocycles. The van der Waals surface area contributed by atoms with Gasteiger partial charge >= 0.3 is 12.0 Å². The number of hydrogen-bond donors (Lipinski definition) is 1. The number of nitrogens with zero attached hydrogens (tertiary/aromatic N) is 3. The number of ether oxygens (including phenoxy) is 3. The summed E-state index contributed by atoms with van der Waals surface area (Å²) in [4.78, 5) is 12.4. The number of nitrogens with one attached hydrogen (secondary N) is 1. The third-order valence-electron chi connectivity index (χ3n) is 2.17. The Morgan fingerprint density at radius 1 is 0.800 bits per heavy atom. The first-order chi connectivity index (χ1) is 9.80. The van der Waals surface area contributed by atoms with Crippen molar-refractivity contribution in [1.29, 1.82) is 0 Å². The Bertz CT molecular complexity index is 377. The van der Waals surface area contributed by atoms with E-state index in [0.29, 0.717) is 25.8 Å². The van der Waals surface area contributed by atoms with Gasteiger partial charge in [-0.2, -0.15) is 9.97 Å². The quantitative estimate of drug-likeness (QED) is 0.622. The summed E-state index contributed by atoms with van der Waals surface area (Å²) in [5.74, 6) is 0.457. The maximum Gasteiger partial charge on any atom is 0.324 e. The Morgan fingerprint density at radius 2 is 1.45 bits per heavy atom. The van der Waals surface area contributed by atoms with Crippen LogP contribution >= 0.6 is 0 Å². The fraction of sp³-hybridized carbons (Fsp3) is 0.769. The number of anilines is 1. The molecule has 0 saturated carbocycles. The molecule has 0 aliphatic rings. The van der Waals surface area contributed by atoms with E-state index >= 15 is 0 Å². The smallest absolute Gasteiger partial charge is 0.324 e. The number of rotatable bonds is 11. The van der Waals surface area contributed by atoms with Crippen LogP contribution in [0.2, 0.25) is 0 Å². The minimum atomic E-state index is 0.252. The molecule has 0 aliphatic carbocycles. The lowest BCUT2D eigenvalue weighted by Crippen LogP contribution is -2.12. The van der Waals surface area contributed by atoms with Gasteiger partial charge in [-0.3, -0.25) is 0 Å². The van der Waals surface area contributed by atoms with Crippen molar-refractivity contribution < 1.29 is 14.2 Å². The van der Waals surface area contributed by atoms with Gasteiger partial charge < -0.3 is 19.5 Å². The van der Waals surface area contributed by atoms with Gasteiger partial charge in [0.2, 0.25) is 5.95 Å². The highest BCUT2D eigenvalue weighted by molar-refractivity contribution is 5.27. The van der Waals surface area contributed by atoms with E-state index in [1.165, 1.54) is 0 Å². The van der Waals surface area contributed by atoms with Crippen LogP contribution in [0, 0.1) is 0 Å². The molecule has 0 fully saturated rings. The molecule has 114 valence electrons. The van der Waals surface area contributed by atoms with Crippen molar-refractivity contribution in [3.8, 4) is 12.0 Å². The summed E-state index contributed by atoms with van der Waals surface area (Å²) in [6.07, 6.45) is 1.88. The molecule has 1 N–H and O–H groups in total. The van der Waals surface area contributed by atoms with E-state index in [4.69, 9.17) is 14.2 Å². The fourth-order valence-electron chi connectivity index (χ4n) is 1.34. The first kappa shape index (κ1) is 16.4. The van der Waals surface area contributed by atoms with Crippen LogP contribution in [0.5, 0.6) is 12.0 Å². The van der Waals surface area contributed by atoms with Crippen LogP contribution in [-0.2, 0) is 4.74 Å². The second-order valence-electron chi connectivity index (χ2n) is 4.06. The van der Waals surface area contributed by atoms with Gasteiger partial charge in [-0.05, 0) is 19.8 Å². The monoisotopic (exact) mass is 284 g/mol. The molecule has 7 heteroatoms. The highest BCUT2D eigenvalue weighted by Crippen LogP contribution is 2.13. The Balaban J connectivity index is 2.55. The predicted octanol–water partition coefficient (Wildman–Crippen LogP) is 1.90. The van der Waals surface area contributed by atoms with Crippen molar-refractivity contribution in [3.63, 3.8) is 0 Å². The molecule has 0 spiro atoms. The molecule has 0 bridgehead atoms. The van der Waals surface area contributed by atoms with Crippen molar-refractivity contribution >= 4 is 5.95 Å². The maximum atomic E-state index is 5.45. The lowest BCUT2D eigenvalue weighted by molar-refractivity contribution is 0.0966. The van der Waals surface area contributed by atoms with Crippen LogP contribution in [0.25, 0.3) is 0 Å². The zero-order valence-corrected chi connectivity index (χ0v) is 12.5. The van der Waals surface area contributed by atoms with Gasteiger partial charge in [0.1, 0.15) is 6.61 Å². The van der Waals surface area contributed by atoms with Crippen molar-refractivity contribution in [2.45, 2.75) is 33.6 Å². The molecule has 0 aromatic carbocycles. The van der Waals surface area contributed by atoms with Crippen molar-refractivity contribution in [2.75, 3.05) is 38.3 Å². The largest absolute Gasteiger partial charge is 0.463 e. The van der Waals surface area contributed by atoms with Crippen molar-refractivity contribution in [1.82, 2.24) is 15.0 Å². The molecule has 1 aromatic rings. The van der Waals surface area contributed by atoms with Gasteiger partial charge in [0.05, 0.1) is 13.2 Å². The van der Waals surface area contributed by atoms with E-state index in [0.717, 1.165) is 26.0 Å². The molecule has 0 radical (unpaired) electrons. The third-order valence-corrected chi connectivity index (χ3v) is 2.17. The molecule has 1 aromatic heterocycles. The molecule has 20 heavy (non-hydrogen) atoms. The van der Waals surface area contributed by atoms with Crippen molar-refractivity contribution in [2.24, 2.45) is 0 Å². The molecular formula is C13H24N4O3. The summed E-state index contributed by atoms with van der Waals surface area (Å²) in [6, 6.07) is 0.532. The third kappa shape index (κ3) is 6.51. The van der Waals surface area contributed by atoms with Gasteiger partial charge in [0.15, 0.2) is 0 Å². The Hall–Kier alpha value is -1.63. The Morgan fingerprint density at radius 3 is 2.05 bits per heavy atom. The van der Waals surface area contributed by atoms with Crippen LogP contribution in [0.1, 0.15) is 33.6 Å². The molecule has 0 amide bonds. The van der Waals surface area contributed by atoms with Crippen LogP contribution in [0.3, 0.4) is 0 Å². The maximum absolute atomic E-state index is 5.45. The molecule has 0 aliphatic heterocycles. The van der Waals surface area contributed by atoms with E-state index in [1.54, 1.807) is 0 Å². The first-order valence-electron chi connectivity index (χ1n) is 7.13. The summed E-state index contributed by atoms with van der Waals surface area (Å²) in [5.41, 5.74) is 0. The standard InChI is InChI=1S/C13H24N4O3/c1-4-7-18-9-10-20-13-16-11(14-6-3)15-12(17-13)19-8-5-2/h4-10H2,1-3H3,(H,14,15,16,17). The number of hydrogen-bond acceptors (Lipinski definition) is 7. The van der Waals surface area contributed by atoms with Crippen LogP contribution in [-0.4, -0.2) is 47.9 Å². The average molecular weight is 284 g/mol. The molecule has 1 heterocycles. The zero-order valence-electron chi connectivity index (χ0n) is 12.5. The fourth-order valence-corrected chi connectivity index (χ4v) is 1.34. The van der Waals surface area contributed by atoms with Gasteiger partial charge in [-0.15, -0.1) is 4.98 Å². The van der Waals surface area contributed by atoms with Crippen LogP contribution in [0.15, 0.2) is 0 Å². The van der Waals surface area contributed by atoms with E-state index in [1.807, 2.05) is 13.8 Å². The molecule has 7 nitrogen and oxygen atoms in total. The molecule has 1 rings (SSSR count). The predicted molar refractivity (Wildman–Crippen MR) is 76.4 cm³/mol. The normalized spacial score (nSPS) is 10.3. The van der Waals surface area contributed by atoms with Gasteiger partial charge in [-0.1, -0.05) is 13.8 Å². The van der Waals surface area contributed by atoms with E-state index in [9.17, 15) is 0 Å². The lowest BCUT2D eigenvalue weighted by atomic mass is 10.5. The van der Waals surface area contributed by atoms with E-state index < -0.39 is 0 Å². The summed E-state index contributed by atoms with van der Waals surface area (Å²) in [5, 5.41) is 3.02. The average Bonchev–Trinajstić information content (AvgIpc) is 2.45. The second kappa shape index (κ2) is 10.2. The Labute approximate surface area is 120 Å².